The van der Waals surface area contributed by atoms with Gasteiger partial charge in [0.1, 0.15) is 0 Å². The molecule has 0 radical (unpaired) electrons. The van der Waals surface area contributed by atoms with Crippen molar-refractivity contribution in [1.82, 2.24) is 4.98 Å². The van der Waals surface area contributed by atoms with E-state index in [2.05, 4.69) is 45.7 Å². The second-order valence-corrected chi connectivity index (χ2v) is 6.09. The van der Waals surface area contributed by atoms with Crippen LogP contribution >= 0.6 is 11.3 Å². The summed E-state index contributed by atoms with van der Waals surface area (Å²) < 4.78 is 1.32. The van der Waals surface area contributed by atoms with E-state index in [1.807, 2.05) is 17.5 Å². The lowest BCUT2D eigenvalue weighted by molar-refractivity contribution is 0.826. The van der Waals surface area contributed by atoms with E-state index in [0.717, 1.165) is 0 Å². The Hall–Kier alpha value is -0.890. The van der Waals surface area contributed by atoms with Crippen LogP contribution in [0.2, 0.25) is 0 Å². The number of aromatic nitrogens is 1. The zero-order valence-electron chi connectivity index (χ0n) is 10.7. The van der Waals surface area contributed by atoms with Crippen molar-refractivity contribution in [2.75, 3.05) is 0 Å². The van der Waals surface area contributed by atoms with Crippen LogP contribution in [-0.4, -0.2) is 4.98 Å². The molecule has 0 saturated carbocycles. The molecule has 0 spiro atoms. The summed E-state index contributed by atoms with van der Waals surface area (Å²) >= 11 is 1.89. The van der Waals surface area contributed by atoms with Crippen LogP contribution < -0.4 is 0 Å². The summed E-state index contributed by atoms with van der Waals surface area (Å²) in [7, 11) is 0. The molecular weight excluding hydrogens is 214 g/mol. The quantitative estimate of drug-likeness (QED) is 0.722. The molecule has 2 rings (SSSR count). The highest BCUT2D eigenvalue weighted by atomic mass is 32.1. The van der Waals surface area contributed by atoms with Crippen molar-refractivity contribution >= 4 is 21.4 Å². The third kappa shape index (κ3) is 1.86. The zero-order valence-corrected chi connectivity index (χ0v) is 11.5. The maximum atomic E-state index is 4.53. The molecule has 2 aromatic heterocycles. The highest BCUT2D eigenvalue weighted by molar-refractivity contribution is 7.19. The van der Waals surface area contributed by atoms with Gasteiger partial charge in [-0.15, -0.1) is 11.3 Å². The van der Waals surface area contributed by atoms with Gasteiger partial charge in [-0.3, -0.25) is 4.98 Å². The minimum Gasteiger partial charge on any atom is -0.260 e. The third-order valence-corrected chi connectivity index (χ3v) is 4.54. The normalized spacial score (nSPS) is 11.9. The van der Waals surface area contributed by atoms with E-state index in [9.17, 15) is 0 Å². The van der Waals surface area contributed by atoms with Crippen LogP contribution in [0.5, 0.6) is 0 Å². The molecule has 2 aromatic rings. The first-order valence-electron chi connectivity index (χ1n) is 5.89. The summed E-state index contributed by atoms with van der Waals surface area (Å²) in [6.07, 6.45) is 2.04. The molecule has 0 bridgehead atoms. The first kappa shape index (κ1) is 11.6. The Bertz CT molecular complexity index is 509. The molecule has 0 aliphatic carbocycles. The minimum absolute atomic E-state index is 0.506. The molecule has 16 heavy (non-hydrogen) atoms. The van der Waals surface area contributed by atoms with Gasteiger partial charge in [-0.05, 0) is 35.8 Å². The van der Waals surface area contributed by atoms with Crippen molar-refractivity contribution in [1.29, 1.82) is 0 Å². The molecule has 86 valence electrons. The molecule has 1 nitrogen and oxygen atoms in total. The van der Waals surface area contributed by atoms with Crippen LogP contribution in [0.1, 0.15) is 55.7 Å². The van der Waals surface area contributed by atoms with Gasteiger partial charge in [-0.1, -0.05) is 27.7 Å². The Labute approximate surface area is 102 Å². The Morgan fingerprint density at radius 3 is 2.38 bits per heavy atom. The summed E-state index contributed by atoms with van der Waals surface area (Å²) in [5, 5.41) is 1.40. The molecule has 0 unspecified atom stereocenters. The topological polar surface area (TPSA) is 12.9 Å². The summed E-state index contributed by atoms with van der Waals surface area (Å²) in [4.78, 5) is 6.03. The van der Waals surface area contributed by atoms with Gasteiger partial charge in [0.2, 0.25) is 0 Å². The van der Waals surface area contributed by atoms with Crippen molar-refractivity contribution in [3.8, 4) is 0 Å². The number of thiophene rings is 1. The van der Waals surface area contributed by atoms with Crippen LogP contribution in [0.3, 0.4) is 0 Å². The number of rotatable bonds is 2. The summed E-state index contributed by atoms with van der Waals surface area (Å²) in [6, 6.07) is 2.26. The van der Waals surface area contributed by atoms with Gasteiger partial charge in [-0.25, -0.2) is 0 Å². The summed E-state index contributed by atoms with van der Waals surface area (Å²) in [5.41, 5.74) is 2.64. The van der Waals surface area contributed by atoms with E-state index in [-0.39, 0.29) is 0 Å². The van der Waals surface area contributed by atoms with Crippen molar-refractivity contribution in [3.63, 3.8) is 0 Å². The smallest absolute Gasteiger partial charge is 0.0532 e. The summed E-state index contributed by atoms with van der Waals surface area (Å²) in [5.74, 6) is 1.12. The van der Waals surface area contributed by atoms with Crippen LogP contribution in [0.25, 0.3) is 10.1 Å². The second-order valence-electron chi connectivity index (χ2n) is 5.01. The highest BCUT2D eigenvalue weighted by Gasteiger charge is 2.12. The predicted octanol–water partition coefficient (Wildman–Crippen LogP) is 4.85. The molecule has 0 saturated heterocycles. The van der Waals surface area contributed by atoms with Gasteiger partial charge in [-0.2, -0.15) is 0 Å². The Morgan fingerprint density at radius 1 is 1.12 bits per heavy atom. The van der Waals surface area contributed by atoms with Crippen molar-refractivity contribution in [2.45, 2.75) is 46.5 Å². The highest BCUT2D eigenvalue weighted by Crippen LogP contribution is 2.35. The Kier molecular flexibility index (Phi) is 3.02. The molecule has 0 atom stereocenters. The molecule has 0 aliphatic rings. The van der Waals surface area contributed by atoms with E-state index >= 15 is 0 Å². The van der Waals surface area contributed by atoms with Gasteiger partial charge in [0.25, 0.3) is 0 Å². The molecule has 0 aromatic carbocycles. The monoisotopic (exact) mass is 233 g/mol. The summed E-state index contributed by atoms with van der Waals surface area (Å²) in [6.45, 7) is 11.1. The largest absolute Gasteiger partial charge is 0.260 e. The van der Waals surface area contributed by atoms with Crippen molar-refractivity contribution < 1.29 is 0 Å². The fourth-order valence-electron chi connectivity index (χ4n) is 2.03. The maximum Gasteiger partial charge on any atom is 0.0532 e. The van der Waals surface area contributed by atoms with Crippen molar-refractivity contribution in [2.24, 2.45) is 0 Å². The van der Waals surface area contributed by atoms with Gasteiger partial charge in [0.05, 0.1) is 4.70 Å². The van der Waals surface area contributed by atoms with Crippen LogP contribution in [0.15, 0.2) is 12.3 Å². The first-order chi connectivity index (χ1) is 7.50. The average Bonchev–Trinajstić information content (AvgIpc) is 2.56. The number of pyridine rings is 1. The number of aryl methyl sites for hydroxylation is 1. The van der Waals surface area contributed by atoms with Crippen LogP contribution in [-0.2, 0) is 0 Å². The molecule has 0 amide bonds. The fraction of sp³-hybridized carbons (Fsp3) is 0.500. The van der Waals surface area contributed by atoms with Gasteiger partial charge in [0.15, 0.2) is 0 Å². The Morgan fingerprint density at radius 2 is 1.81 bits per heavy atom. The van der Waals surface area contributed by atoms with E-state index in [4.69, 9.17) is 0 Å². The number of fused-ring (bicyclic) bond motifs is 1. The van der Waals surface area contributed by atoms with E-state index in [1.165, 1.54) is 26.2 Å². The van der Waals surface area contributed by atoms with Gasteiger partial charge < -0.3 is 0 Å². The molecule has 2 heteroatoms. The van der Waals surface area contributed by atoms with E-state index in [0.29, 0.717) is 11.8 Å². The van der Waals surface area contributed by atoms with Crippen LogP contribution in [0, 0.1) is 6.92 Å². The lowest BCUT2D eigenvalue weighted by Gasteiger charge is -2.04. The lowest BCUT2D eigenvalue weighted by atomic mass is 10.0. The van der Waals surface area contributed by atoms with Gasteiger partial charge in [0, 0.05) is 16.8 Å². The third-order valence-electron chi connectivity index (χ3n) is 3.00. The lowest BCUT2D eigenvalue weighted by Crippen LogP contribution is -1.91. The fourth-order valence-corrected chi connectivity index (χ4v) is 3.19. The average molecular weight is 233 g/mol. The zero-order chi connectivity index (χ0) is 11.9. The van der Waals surface area contributed by atoms with E-state index in [1.54, 1.807) is 0 Å². The number of hydrogen-bond donors (Lipinski definition) is 0. The second kappa shape index (κ2) is 4.17. The molecular formula is C14H19NS. The van der Waals surface area contributed by atoms with E-state index < -0.39 is 0 Å². The maximum absolute atomic E-state index is 4.53. The molecule has 0 aliphatic heterocycles. The molecule has 2 heterocycles. The molecule has 0 N–H and O–H groups in total. The first-order valence-corrected chi connectivity index (χ1v) is 6.71. The number of nitrogens with zero attached hydrogens (tertiary/aromatic N) is 1. The number of hydrogen-bond acceptors (Lipinski definition) is 2. The standard InChI is InChI=1S/C14H19NS/c1-8(2)12-6-11-10(5)14(9(3)4)16-13(11)7-15-12/h6-9H,1-5H3. The predicted molar refractivity (Wildman–Crippen MR) is 72.5 cm³/mol. The van der Waals surface area contributed by atoms with Crippen molar-refractivity contribution in [3.05, 3.63) is 28.4 Å². The molecule has 0 fully saturated rings. The Balaban J connectivity index is 2.64. The SMILES string of the molecule is Cc1c(C(C)C)sc2cnc(C(C)C)cc12. The minimum atomic E-state index is 0.506. The van der Waals surface area contributed by atoms with Gasteiger partial charge >= 0.3 is 0 Å². The van der Waals surface area contributed by atoms with Crippen LogP contribution in [0.4, 0.5) is 0 Å².